The van der Waals surface area contributed by atoms with Crippen molar-refractivity contribution in [1.29, 1.82) is 0 Å². The van der Waals surface area contributed by atoms with Gasteiger partial charge in [0.2, 0.25) is 12.7 Å². The maximum absolute atomic E-state index is 12.9. The van der Waals surface area contributed by atoms with Crippen LogP contribution in [0.25, 0.3) is 10.9 Å². The molecule has 1 saturated heterocycles. The number of fused-ring (bicyclic) bond motifs is 2. The molecule has 2 aliphatic heterocycles. The Morgan fingerprint density at radius 1 is 1.17 bits per heavy atom. The molecule has 0 aliphatic carbocycles. The average molecular weight is 391 g/mol. The fourth-order valence-corrected chi connectivity index (χ4v) is 4.15. The van der Waals surface area contributed by atoms with Crippen LogP contribution in [0.4, 0.5) is 0 Å². The Morgan fingerprint density at radius 3 is 2.97 bits per heavy atom. The maximum atomic E-state index is 12.9. The van der Waals surface area contributed by atoms with Crippen molar-refractivity contribution in [3.05, 3.63) is 64.2 Å². The van der Waals surface area contributed by atoms with Crippen LogP contribution in [-0.2, 0) is 11.2 Å². The molecule has 0 bridgehead atoms. The van der Waals surface area contributed by atoms with Crippen molar-refractivity contribution in [2.75, 3.05) is 13.3 Å². The number of aryl methyl sites for hydroxylation is 1. The number of benzene rings is 2. The van der Waals surface area contributed by atoms with E-state index in [0.717, 1.165) is 36.4 Å². The number of amides is 1. The van der Waals surface area contributed by atoms with E-state index in [9.17, 15) is 9.59 Å². The summed E-state index contributed by atoms with van der Waals surface area (Å²) in [5, 5.41) is 0.560. The van der Waals surface area contributed by atoms with Gasteiger partial charge in [-0.3, -0.25) is 9.59 Å². The molecule has 7 heteroatoms. The van der Waals surface area contributed by atoms with E-state index in [-0.39, 0.29) is 24.3 Å². The second-order valence-electron chi connectivity index (χ2n) is 7.39. The van der Waals surface area contributed by atoms with E-state index >= 15 is 0 Å². The van der Waals surface area contributed by atoms with Crippen LogP contribution < -0.4 is 15.0 Å². The monoisotopic (exact) mass is 391 g/mol. The highest BCUT2D eigenvalue weighted by atomic mass is 16.7. The summed E-state index contributed by atoms with van der Waals surface area (Å²) in [6, 6.07) is 13.1. The van der Waals surface area contributed by atoms with Gasteiger partial charge in [-0.15, -0.1) is 0 Å². The lowest BCUT2D eigenvalue weighted by molar-refractivity contribution is -0.132. The van der Waals surface area contributed by atoms with Crippen LogP contribution in [0.5, 0.6) is 11.5 Å². The highest BCUT2D eigenvalue weighted by Crippen LogP contribution is 2.39. The third-order valence-corrected chi connectivity index (χ3v) is 5.59. The molecule has 1 unspecified atom stereocenters. The lowest BCUT2D eigenvalue weighted by atomic mass is 10.0. The number of rotatable bonds is 4. The summed E-state index contributed by atoms with van der Waals surface area (Å²) in [6.45, 7) is 0.975. The minimum Gasteiger partial charge on any atom is -0.454 e. The predicted octanol–water partition coefficient (Wildman–Crippen LogP) is 2.95. The number of nitrogens with one attached hydrogen (secondary N) is 1. The second kappa shape index (κ2) is 7.24. The Labute approximate surface area is 167 Å². The number of carbonyl (C=O) groups excluding carboxylic acids is 1. The summed E-state index contributed by atoms with van der Waals surface area (Å²) in [7, 11) is 0. The number of H-pyrrole nitrogens is 1. The molecule has 2 aliphatic rings. The van der Waals surface area contributed by atoms with Gasteiger partial charge in [0.05, 0.1) is 16.9 Å². The largest absolute Gasteiger partial charge is 0.454 e. The summed E-state index contributed by atoms with van der Waals surface area (Å²) in [6.07, 6.45) is 2.61. The van der Waals surface area contributed by atoms with Gasteiger partial charge >= 0.3 is 0 Å². The first kappa shape index (κ1) is 17.7. The van der Waals surface area contributed by atoms with E-state index in [1.165, 1.54) is 0 Å². The summed E-state index contributed by atoms with van der Waals surface area (Å²) < 4.78 is 10.9. The first-order chi connectivity index (χ1) is 14.2. The zero-order chi connectivity index (χ0) is 19.8. The van der Waals surface area contributed by atoms with Gasteiger partial charge in [0.1, 0.15) is 5.82 Å². The minimum atomic E-state index is -0.169. The number of nitrogens with zero attached hydrogens (tertiary/aromatic N) is 2. The van der Waals surface area contributed by atoms with Crippen LogP contribution in [0.15, 0.2) is 47.3 Å². The van der Waals surface area contributed by atoms with Crippen molar-refractivity contribution in [2.24, 2.45) is 0 Å². The Kier molecular flexibility index (Phi) is 4.42. The molecule has 3 aromatic rings. The third kappa shape index (κ3) is 3.33. The maximum Gasteiger partial charge on any atom is 0.258 e. The minimum absolute atomic E-state index is 0.0422. The second-order valence-corrected chi connectivity index (χ2v) is 7.39. The van der Waals surface area contributed by atoms with Crippen molar-refractivity contribution in [1.82, 2.24) is 14.9 Å². The van der Waals surface area contributed by atoms with Gasteiger partial charge < -0.3 is 19.4 Å². The van der Waals surface area contributed by atoms with Crippen LogP contribution in [-0.4, -0.2) is 34.1 Å². The number of likely N-dealkylation sites (tertiary alicyclic amines) is 1. The standard InChI is InChI=1S/C22H21N3O4/c26-21(10-9-20-23-16-5-2-1-4-15(16)22(27)24-20)25-11-3-6-17(25)14-7-8-18-19(12-14)29-13-28-18/h1-2,4-5,7-8,12,17H,3,6,9-11,13H2,(H,23,24,27). The quantitative estimate of drug-likeness (QED) is 0.739. The smallest absolute Gasteiger partial charge is 0.258 e. The Hall–Kier alpha value is -3.35. The molecule has 3 heterocycles. The molecule has 29 heavy (non-hydrogen) atoms. The highest BCUT2D eigenvalue weighted by molar-refractivity contribution is 5.78. The Morgan fingerprint density at radius 2 is 2.03 bits per heavy atom. The van der Waals surface area contributed by atoms with Crippen LogP contribution >= 0.6 is 0 Å². The predicted molar refractivity (Wildman–Crippen MR) is 107 cm³/mol. The SMILES string of the molecule is O=C(CCc1nc2ccccc2c(=O)[nH]1)N1CCCC1c1ccc2c(c1)OCO2. The molecule has 1 amide bonds. The van der Waals surface area contributed by atoms with Crippen LogP contribution in [0.2, 0.25) is 0 Å². The lowest BCUT2D eigenvalue weighted by Crippen LogP contribution is -2.31. The van der Waals surface area contributed by atoms with E-state index < -0.39 is 0 Å². The first-order valence-electron chi connectivity index (χ1n) is 9.86. The Bertz CT molecular complexity index is 1140. The third-order valence-electron chi connectivity index (χ3n) is 5.59. The highest BCUT2D eigenvalue weighted by Gasteiger charge is 2.30. The van der Waals surface area contributed by atoms with Gasteiger partial charge in [0.25, 0.3) is 5.56 Å². The molecule has 1 aromatic heterocycles. The fraction of sp³-hybridized carbons (Fsp3) is 0.318. The zero-order valence-electron chi connectivity index (χ0n) is 15.9. The molecule has 7 nitrogen and oxygen atoms in total. The normalized spacial score (nSPS) is 17.8. The molecule has 0 spiro atoms. The van der Waals surface area contributed by atoms with E-state index in [2.05, 4.69) is 9.97 Å². The van der Waals surface area contributed by atoms with Crippen LogP contribution in [0.3, 0.4) is 0 Å². The van der Waals surface area contributed by atoms with Crippen molar-refractivity contribution in [3.63, 3.8) is 0 Å². The molecule has 5 rings (SSSR count). The zero-order valence-corrected chi connectivity index (χ0v) is 15.9. The summed E-state index contributed by atoms with van der Waals surface area (Å²) in [5.41, 5.74) is 1.55. The number of ether oxygens (including phenoxy) is 2. The Balaban J connectivity index is 1.31. The van der Waals surface area contributed by atoms with Gasteiger partial charge in [-0.1, -0.05) is 18.2 Å². The molecule has 2 aromatic carbocycles. The van der Waals surface area contributed by atoms with Crippen LogP contribution in [0, 0.1) is 0 Å². The topological polar surface area (TPSA) is 84.5 Å². The number of hydrogen-bond donors (Lipinski definition) is 1. The molecular formula is C22H21N3O4. The molecule has 148 valence electrons. The molecule has 0 saturated carbocycles. The first-order valence-corrected chi connectivity index (χ1v) is 9.86. The van der Waals surface area contributed by atoms with Crippen molar-refractivity contribution < 1.29 is 14.3 Å². The molecule has 1 fully saturated rings. The van der Waals surface area contributed by atoms with E-state index in [1.54, 1.807) is 6.07 Å². The van der Waals surface area contributed by atoms with E-state index in [4.69, 9.17) is 9.47 Å². The molecule has 0 radical (unpaired) electrons. The molecule has 1 N–H and O–H groups in total. The van der Waals surface area contributed by atoms with Crippen molar-refractivity contribution >= 4 is 16.8 Å². The number of para-hydroxylation sites is 1. The van der Waals surface area contributed by atoms with Gasteiger partial charge in [-0.05, 0) is 42.7 Å². The summed E-state index contributed by atoms with van der Waals surface area (Å²) >= 11 is 0. The summed E-state index contributed by atoms with van der Waals surface area (Å²) in [5.74, 6) is 2.09. The van der Waals surface area contributed by atoms with Crippen molar-refractivity contribution in [2.45, 2.75) is 31.7 Å². The number of carbonyl (C=O) groups is 1. The van der Waals surface area contributed by atoms with Crippen molar-refractivity contribution in [3.8, 4) is 11.5 Å². The number of aromatic amines is 1. The number of hydrogen-bond acceptors (Lipinski definition) is 5. The fourth-order valence-electron chi connectivity index (χ4n) is 4.15. The average Bonchev–Trinajstić information content (AvgIpc) is 3.41. The molecular weight excluding hydrogens is 370 g/mol. The van der Waals surface area contributed by atoms with E-state index in [0.29, 0.717) is 29.6 Å². The van der Waals surface area contributed by atoms with Gasteiger partial charge in [0.15, 0.2) is 11.5 Å². The lowest BCUT2D eigenvalue weighted by Gasteiger charge is -2.25. The summed E-state index contributed by atoms with van der Waals surface area (Å²) in [4.78, 5) is 34.4. The van der Waals surface area contributed by atoms with Gasteiger partial charge in [0, 0.05) is 19.4 Å². The van der Waals surface area contributed by atoms with Gasteiger partial charge in [-0.25, -0.2) is 4.98 Å². The van der Waals surface area contributed by atoms with Gasteiger partial charge in [-0.2, -0.15) is 0 Å². The number of aromatic nitrogens is 2. The van der Waals surface area contributed by atoms with E-state index in [1.807, 2.05) is 41.3 Å². The molecule has 1 atom stereocenters. The van der Waals surface area contributed by atoms with Crippen LogP contribution in [0.1, 0.15) is 36.7 Å².